The van der Waals surface area contributed by atoms with Crippen LogP contribution in [0.5, 0.6) is 0 Å². The number of rotatable bonds is 8. The Morgan fingerprint density at radius 1 is 1.15 bits per heavy atom. The Morgan fingerprint density at radius 2 is 1.85 bits per heavy atom. The first-order valence-electron chi connectivity index (χ1n) is 8.42. The van der Waals surface area contributed by atoms with Crippen molar-refractivity contribution < 1.29 is 8.60 Å². The van der Waals surface area contributed by atoms with E-state index in [4.69, 9.17) is 0 Å². The second-order valence-corrected chi connectivity index (χ2v) is 8.11. The van der Waals surface area contributed by atoms with Crippen molar-refractivity contribution in [1.82, 2.24) is 10.6 Å². The van der Waals surface area contributed by atoms with Crippen molar-refractivity contribution in [3.63, 3.8) is 0 Å². The van der Waals surface area contributed by atoms with E-state index in [1.54, 1.807) is 13.1 Å². The molecule has 2 aromatic carbocycles. The first-order chi connectivity index (χ1) is 12.6. The summed E-state index contributed by atoms with van der Waals surface area (Å²) >= 11 is 3.26. The largest absolute Gasteiger partial charge is 0.356 e. The molecular weight excluding hydrogens is 544 g/mol. The Labute approximate surface area is 188 Å². The summed E-state index contributed by atoms with van der Waals surface area (Å²) in [6.45, 7) is 1.24. The summed E-state index contributed by atoms with van der Waals surface area (Å²) in [6, 6.07) is 14.5. The van der Waals surface area contributed by atoms with Gasteiger partial charge in [0.2, 0.25) is 0 Å². The Balaban J connectivity index is 0.00000364. The highest BCUT2D eigenvalue weighted by Crippen LogP contribution is 2.16. The third-order valence-electron chi connectivity index (χ3n) is 3.74. The van der Waals surface area contributed by atoms with Gasteiger partial charge in [0, 0.05) is 35.3 Å². The monoisotopic (exact) mass is 567 g/mol. The zero-order valence-corrected chi connectivity index (χ0v) is 19.8. The van der Waals surface area contributed by atoms with E-state index in [9.17, 15) is 8.60 Å². The van der Waals surface area contributed by atoms with Gasteiger partial charge in [0.1, 0.15) is 5.82 Å². The number of nitrogens with one attached hydrogen (secondary N) is 2. The number of hydrogen-bond donors (Lipinski definition) is 2. The standard InChI is InChI=1S/C19H23BrFN3OS.HI/c1-22-19(24-12-13-26(25)17-7-3-2-4-8-17)23-11-5-6-15-9-10-16(20)14-18(15)21;/h2-4,7-10,14H,5-6,11-13H2,1H3,(H2,22,23,24);1H. The number of halogens is 3. The first-order valence-corrected chi connectivity index (χ1v) is 10.5. The molecule has 0 spiro atoms. The molecule has 0 radical (unpaired) electrons. The number of nitrogens with zero attached hydrogens (tertiary/aromatic N) is 1. The third kappa shape index (κ3) is 8.69. The van der Waals surface area contributed by atoms with Crippen LogP contribution in [-0.2, 0) is 17.2 Å². The fourth-order valence-corrected chi connectivity index (χ4v) is 3.70. The molecule has 2 N–H and O–H groups in total. The van der Waals surface area contributed by atoms with Gasteiger partial charge in [0.15, 0.2) is 5.96 Å². The van der Waals surface area contributed by atoms with Gasteiger partial charge in [-0.2, -0.15) is 0 Å². The van der Waals surface area contributed by atoms with Crippen molar-refractivity contribution >= 4 is 56.7 Å². The minimum atomic E-state index is -1.03. The Kier molecular flexibility index (Phi) is 11.8. The zero-order valence-electron chi connectivity index (χ0n) is 15.1. The molecule has 0 aromatic heterocycles. The van der Waals surface area contributed by atoms with Gasteiger partial charge in [-0.25, -0.2) is 4.39 Å². The van der Waals surface area contributed by atoms with Crippen LogP contribution in [0.1, 0.15) is 12.0 Å². The van der Waals surface area contributed by atoms with Crippen molar-refractivity contribution in [1.29, 1.82) is 0 Å². The second kappa shape index (κ2) is 13.2. The average molecular weight is 568 g/mol. The Morgan fingerprint density at radius 3 is 2.52 bits per heavy atom. The van der Waals surface area contributed by atoms with Crippen LogP contribution in [0.2, 0.25) is 0 Å². The maximum Gasteiger partial charge on any atom is 0.191 e. The van der Waals surface area contributed by atoms with Crippen molar-refractivity contribution in [2.75, 3.05) is 25.9 Å². The van der Waals surface area contributed by atoms with Gasteiger partial charge in [-0.3, -0.25) is 9.20 Å². The van der Waals surface area contributed by atoms with Gasteiger partial charge in [0.25, 0.3) is 0 Å². The van der Waals surface area contributed by atoms with Crippen LogP contribution < -0.4 is 10.6 Å². The molecule has 4 nitrogen and oxygen atoms in total. The van der Waals surface area contributed by atoms with Gasteiger partial charge >= 0.3 is 0 Å². The van der Waals surface area contributed by atoms with Gasteiger partial charge in [-0.1, -0.05) is 40.2 Å². The summed E-state index contributed by atoms with van der Waals surface area (Å²) in [5.41, 5.74) is 0.705. The predicted octanol–water partition coefficient (Wildman–Crippen LogP) is 4.11. The molecule has 0 heterocycles. The van der Waals surface area contributed by atoms with Crippen LogP contribution in [0.25, 0.3) is 0 Å². The fourth-order valence-electron chi connectivity index (χ4n) is 2.38. The molecule has 8 heteroatoms. The highest BCUT2D eigenvalue weighted by molar-refractivity contribution is 14.0. The van der Waals surface area contributed by atoms with Crippen molar-refractivity contribution in [3.8, 4) is 0 Å². The summed E-state index contributed by atoms with van der Waals surface area (Å²) in [4.78, 5) is 4.97. The van der Waals surface area contributed by atoms with E-state index in [-0.39, 0.29) is 29.8 Å². The summed E-state index contributed by atoms with van der Waals surface area (Å²) in [7, 11) is 0.663. The van der Waals surface area contributed by atoms with E-state index in [0.717, 1.165) is 15.8 Å². The molecule has 2 aromatic rings. The molecule has 0 bridgehead atoms. The highest BCUT2D eigenvalue weighted by atomic mass is 127. The first kappa shape index (κ1) is 24.0. The van der Waals surface area contributed by atoms with Gasteiger partial charge in [-0.15, -0.1) is 24.0 Å². The van der Waals surface area contributed by atoms with E-state index < -0.39 is 10.8 Å². The van der Waals surface area contributed by atoms with Crippen molar-refractivity contribution in [2.45, 2.75) is 17.7 Å². The van der Waals surface area contributed by atoms with Crippen LogP contribution in [0.15, 0.2) is 62.9 Å². The van der Waals surface area contributed by atoms with Gasteiger partial charge in [-0.05, 0) is 42.7 Å². The zero-order chi connectivity index (χ0) is 18.8. The average Bonchev–Trinajstić information content (AvgIpc) is 2.65. The normalized spacial score (nSPS) is 12.2. The lowest BCUT2D eigenvalue weighted by molar-refractivity contribution is 0.602. The molecule has 0 aliphatic rings. The molecule has 0 amide bonds. The summed E-state index contributed by atoms with van der Waals surface area (Å²) in [5, 5.41) is 6.35. The lowest BCUT2D eigenvalue weighted by atomic mass is 10.1. The molecule has 27 heavy (non-hydrogen) atoms. The van der Waals surface area contributed by atoms with Crippen LogP contribution in [-0.4, -0.2) is 36.1 Å². The number of guanidine groups is 1. The lowest BCUT2D eigenvalue weighted by Gasteiger charge is -2.12. The fraction of sp³-hybridized carbons (Fsp3) is 0.316. The predicted molar refractivity (Wildman–Crippen MR) is 125 cm³/mol. The maximum atomic E-state index is 13.8. The molecule has 148 valence electrons. The van der Waals surface area contributed by atoms with E-state index in [0.29, 0.717) is 36.8 Å². The Hall–Kier alpha value is -1.000. The molecule has 0 saturated carbocycles. The number of aryl methyl sites for hydroxylation is 1. The minimum absolute atomic E-state index is 0. The molecule has 1 atom stereocenters. The quantitative estimate of drug-likeness (QED) is 0.218. The number of hydrogen-bond acceptors (Lipinski definition) is 2. The van der Waals surface area contributed by atoms with E-state index in [1.165, 1.54) is 6.07 Å². The molecule has 1 unspecified atom stereocenters. The third-order valence-corrected chi connectivity index (χ3v) is 5.61. The summed E-state index contributed by atoms with van der Waals surface area (Å²) < 4.78 is 26.7. The van der Waals surface area contributed by atoms with Crippen molar-refractivity contribution in [2.24, 2.45) is 4.99 Å². The van der Waals surface area contributed by atoms with Crippen molar-refractivity contribution in [3.05, 3.63) is 64.4 Å². The lowest BCUT2D eigenvalue weighted by Crippen LogP contribution is -2.39. The van der Waals surface area contributed by atoms with Crippen LogP contribution in [0.4, 0.5) is 4.39 Å². The van der Waals surface area contributed by atoms with Crippen LogP contribution in [0, 0.1) is 5.82 Å². The number of aliphatic imine (C=N–C) groups is 1. The second-order valence-electron chi connectivity index (χ2n) is 5.63. The smallest absolute Gasteiger partial charge is 0.191 e. The van der Waals surface area contributed by atoms with Gasteiger partial charge in [0.05, 0.1) is 10.8 Å². The molecule has 0 saturated heterocycles. The Bertz CT molecular complexity index is 762. The van der Waals surface area contributed by atoms with E-state index in [1.807, 2.05) is 36.4 Å². The summed E-state index contributed by atoms with van der Waals surface area (Å²) in [6.07, 6.45) is 1.44. The summed E-state index contributed by atoms with van der Waals surface area (Å²) in [5.74, 6) is 0.978. The SMILES string of the molecule is CN=C(NCCCc1ccc(Br)cc1F)NCCS(=O)c1ccccc1.I. The van der Waals surface area contributed by atoms with Crippen LogP contribution >= 0.6 is 39.9 Å². The molecule has 0 aliphatic heterocycles. The minimum Gasteiger partial charge on any atom is -0.356 e. The van der Waals surface area contributed by atoms with E-state index >= 15 is 0 Å². The van der Waals surface area contributed by atoms with E-state index in [2.05, 4.69) is 31.6 Å². The molecular formula is C19H24BrFIN3OS. The van der Waals surface area contributed by atoms with Crippen LogP contribution in [0.3, 0.4) is 0 Å². The topological polar surface area (TPSA) is 53.5 Å². The highest BCUT2D eigenvalue weighted by Gasteiger charge is 2.05. The molecule has 0 fully saturated rings. The number of benzene rings is 2. The maximum absolute atomic E-state index is 13.8. The molecule has 2 rings (SSSR count). The molecule has 0 aliphatic carbocycles. The van der Waals surface area contributed by atoms with Gasteiger partial charge < -0.3 is 10.6 Å².